The zero-order valence-corrected chi connectivity index (χ0v) is 12.9. The number of carbonyl (C=O) groups is 1. The number of benzene rings is 1. The van der Waals surface area contributed by atoms with Gasteiger partial charge in [-0.3, -0.25) is 0 Å². The highest BCUT2D eigenvalue weighted by molar-refractivity contribution is 5.65. The average molecular weight is 292 g/mol. The summed E-state index contributed by atoms with van der Waals surface area (Å²) in [5.41, 5.74) is 6.31. The number of anilines is 1. The third-order valence-electron chi connectivity index (χ3n) is 3.96. The number of piperidine rings is 1. The highest BCUT2D eigenvalue weighted by atomic mass is 16.5. The van der Waals surface area contributed by atoms with Crippen molar-refractivity contribution in [3.05, 3.63) is 24.3 Å². The summed E-state index contributed by atoms with van der Waals surface area (Å²) < 4.78 is 5.99. The molecule has 116 valence electrons. The van der Waals surface area contributed by atoms with Crippen LogP contribution in [0, 0.1) is 5.41 Å². The molecular formula is C16H24N2O3. The van der Waals surface area contributed by atoms with Gasteiger partial charge in [-0.2, -0.15) is 0 Å². The van der Waals surface area contributed by atoms with E-state index in [9.17, 15) is 9.90 Å². The first-order valence-corrected chi connectivity index (χ1v) is 7.29. The van der Waals surface area contributed by atoms with E-state index in [4.69, 9.17) is 10.5 Å². The summed E-state index contributed by atoms with van der Waals surface area (Å²) >= 11 is 0. The number of ether oxygens (including phenoxy) is 1. The van der Waals surface area contributed by atoms with Crippen LogP contribution >= 0.6 is 0 Å². The summed E-state index contributed by atoms with van der Waals surface area (Å²) in [5, 5.41) is 9.35. The first kappa shape index (κ1) is 15.5. The maximum absolute atomic E-state index is 11.4. The third-order valence-corrected chi connectivity index (χ3v) is 3.96. The molecule has 2 atom stereocenters. The Balaban J connectivity index is 2.09. The molecule has 2 rings (SSSR count). The highest BCUT2D eigenvalue weighted by Crippen LogP contribution is 2.33. The number of carboxylic acid groups (broad SMARTS) is 1. The SMILES string of the molecule is CC(C)(C)[C@@H]1C[C@H](Oc2cccc(N)c2)CCN1C(=O)O. The van der Waals surface area contributed by atoms with Gasteiger partial charge < -0.3 is 20.5 Å². The monoisotopic (exact) mass is 292 g/mol. The molecule has 21 heavy (non-hydrogen) atoms. The van der Waals surface area contributed by atoms with Crippen molar-refractivity contribution in [2.24, 2.45) is 5.41 Å². The largest absolute Gasteiger partial charge is 0.490 e. The molecular weight excluding hydrogens is 268 g/mol. The van der Waals surface area contributed by atoms with Crippen LogP contribution in [0.5, 0.6) is 5.75 Å². The fourth-order valence-corrected chi connectivity index (χ4v) is 2.87. The second-order valence-corrected chi connectivity index (χ2v) is 6.69. The van der Waals surface area contributed by atoms with E-state index in [2.05, 4.69) is 20.8 Å². The molecule has 0 bridgehead atoms. The molecule has 0 radical (unpaired) electrons. The molecule has 0 aromatic heterocycles. The zero-order chi connectivity index (χ0) is 15.6. The van der Waals surface area contributed by atoms with Gasteiger partial charge in [0.2, 0.25) is 0 Å². The van der Waals surface area contributed by atoms with Gasteiger partial charge >= 0.3 is 6.09 Å². The van der Waals surface area contributed by atoms with Crippen LogP contribution in [-0.2, 0) is 0 Å². The van der Waals surface area contributed by atoms with Gasteiger partial charge in [-0.15, -0.1) is 0 Å². The number of amides is 1. The quantitative estimate of drug-likeness (QED) is 0.821. The van der Waals surface area contributed by atoms with Crippen LogP contribution in [-0.4, -0.2) is 34.8 Å². The molecule has 1 saturated heterocycles. The van der Waals surface area contributed by atoms with Gasteiger partial charge in [-0.1, -0.05) is 26.8 Å². The van der Waals surface area contributed by atoms with Crippen molar-refractivity contribution in [1.29, 1.82) is 0 Å². The van der Waals surface area contributed by atoms with Crippen LogP contribution in [0.15, 0.2) is 24.3 Å². The summed E-state index contributed by atoms with van der Waals surface area (Å²) in [6.07, 6.45) is 0.571. The molecule has 1 heterocycles. The van der Waals surface area contributed by atoms with Crippen LogP contribution in [0.1, 0.15) is 33.6 Å². The average Bonchev–Trinajstić information content (AvgIpc) is 2.37. The van der Waals surface area contributed by atoms with Crippen molar-refractivity contribution in [1.82, 2.24) is 4.90 Å². The fourth-order valence-electron chi connectivity index (χ4n) is 2.87. The first-order valence-electron chi connectivity index (χ1n) is 7.29. The number of hydrogen-bond acceptors (Lipinski definition) is 3. The Labute approximate surface area is 125 Å². The van der Waals surface area contributed by atoms with Crippen molar-refractivity contribution >= 4 is 11.8 Å². The van der Waals surface area contributed by atoms with E-state index in [1.807, 2.05) is 18.2 Å². The molecule has 0 aliphatic carbocycles. The number of nitrogens with two attached hydrogens (primary N) is 1. The summed E-state index contributed by atoms with van der Waals surface area (Å²) in [6, 6.07) is 7.31. The maximum atomic E-state index is 11.4. The van der Waals surface area contributed by atoms with E-state index in [0.717, 1.165) is 5.75 Å². The number of hydrogen-bond donors (Lipinski definition) is 2. The second-order valence-electron chi connectivity index (χ2n) is 6.69. The summed E-state index contributed by atoms with van der Waals surface area (Å²) in [7, 11) is 0. The molecule has 0 saturated carbocycles. The van der Waals surface area contributed by atoms with Crippen molar-refractivity contribution in [3.63, 3.8) is 0 Å². The van der Waals surface area contributed by atoms with Crippen molar-refractivity contribution in [3.8, 4) is 5.75 Å². The van der Waals surface area contributed by atoms with E-state index in [0.29, 0.717) is 25.1 Å². The lowest BCUT2D eigenvalue weighted by atomic mass is 9.80. The standard InChI is InChI=1S/C16H24N2O3/c1-16(2,3)14-10-13(7-8-18(14)15(19)20)21-12-6-4-5-11(17)9-12/h4-6,9,13-14H,7-8,10,17H2,1-3H3,(H,19,20)/t13-,14+/m1/s1. The number of nitrogen functional groups attached to an aromatic ring is 1. The minimum Gasteiger partial charge on any atom is -0.490 e. The molecule has 1 fully saturated rings. The molecule has 1 aromatic rings. The lowest BCUT2D eigenvalue weighted by Gasteiger charge is -2.44. The Bertz CT molecular complexity index is 510. The Morgan fingerprint density at radius 2 is 2.14 bits per heavy atom. The van der Waals surface area contributed by atoms with E-state index < -0.39 is 6.09 Å². The summed E-state index contributed by atoms with van der Waals surface area (Å²) in [4.78, 5) is 12.9. The van der Waals surface area contributed by atoms with Gasteiger partial charge in [0.25, 0.3) is 0 Å². The molecule has 0 spiro atoms. The normalized spacial score (nSPS) is 22.9. The van der Waals surface area contributed by atoms with Gasteiger partial charge in [-0.25, -0.2) is 4.79 Å². The van der Waals surface area contributed by atoms with Crippen LogP contribution in [0.4, 0.5) is 10.5 Å². The summed E-state index contributed by atoms with van der Waals surface area (Å²) in [6.45, 7) is 6.70. The van der Waals surface area contributed by atoms with E-state index in [-0.39, 0.29) is 17.6 Å². The number of nitrogens with zero attached hydrogens (tertiary/aromatic N) is 1. The molecule has 1 aliphatic heterocycles. The smallest absolute Gasteiger partial charge is 0.407 e. The Morgan fingerprint density at radius 3 is 2.71 bits per heavy atom. The van der Waals surface area contributed by atoms with Gasteiger partial charge in [-0.05, 0) is 17.5 Å². The van der Waals surface area contributed by atoms with E-state index in [1.165, 1.54) is 0 Å². The Kier molecular flexibility index (Phi) is 4.30. The molecule has 5 heteroatoms. The minimum absolute atomic E-state index is 0.0200. The molecule has 5 nitrogen and oxygen atoms in total. The zero-order valence-electron chi connectivity index (χ0n) is 12.9. The predicted octanol–water partition coefficient (Wildman–Crippen LogP) is 3.20. The van der Waals surface area contributed by atoms with E-state index in [1.54, 1.807) is 11.0 Å². The van der Waals surface area contributed by atoms with Crippen LogP contribution in [0.2, 0.25) is 0 Å². The lowest BCUT2D eigenvalue weighted by molar-refractivity contribution is 0.0130. The summed E-state index contributed by atoms with van der Waals surface area (Å²) in [5.74, 6) is 0.747. The van der Waals surface area contributed by atoms with Crippen molar-refractivity contribution < 1.29 is 14.6 Å². The third kappa shape index (κ3) is 3.80. The minimum atomic E-state index is -0.850. The van der Waals surface area contributed by atoms with Crippen LogP contribution in [0.25, 0.3) is 0 Å². The molecule has 3 N–H and O–H groups in total. The first-order chi connectivity index (χ1) is 9.77. The molecule has 1 aliphatic rings. The van der Waals surface area contributed by atoms with Crippen LogP contribution < -0.4 is 10.5 Å². The van der Waals surface area contributed by atoms with Gasteiger partial charge in [0.05, 0.1) is 0 Å². The Hall–Kier alpha value is -1.91. The van der Waals surface area contributed by atoms with Crippen LogP contribution in [0.3, 0.4) is 0 Å². The maximum Gasteiger partial charge on any atom is 0.407 e. The second kappa shape index (κ2) is 5.84. The van der Waals surface area contributed by atoms with E-state index >= 15 is 0 Å². The van der Waals surface area contributed by atoms with Crippen molar-refractivity contribution in [2.75, 3.05) is 12.3 Å². The Morgan fingerprint density at radius 1 is 1.43 bits per heavy atom. The van der Waals surface area contributed by atoms with Crippen molar-refractivity contribution in [2.45, 2.75) is 45.8 Å². The predicted molar refractivity (Wildman–Crippen MR) is 82.5 cm³/mol. The number of rotatable bonds is 2. The fraction of sp³-hybridized carbons (Fsp3) is 0.562. The van der Waals surface area contributed by atoms with Gasteiger partial charge in [0.1, 0.15) is 11.9 Å². The lowest BCUT2D eigenvalue weighted by Crippen LogP contribution is -2.53. The van der Waals surface area contributed by atoms with Gasteiger partial charge in [0, 0.05) is 37.2 Å². The molecule has 1 amide bonds. The number of likely N-dealkylation sites (tertiary alicyclic amines) is 1. The highest BCUT2D eigenvalue weighted by Gasteiger charge is 2.39. The molecule has 0 unspecified atom stereocenters. The molecule has 1 aromatic carbocycles. The topological polar surface area (TPSA) is 75.8 Å². The van der Waals surface area contributed by atoms with Gasteiger partial charge in [0.15, 0.2) is 0 Å².